The van der Waals surface area contributed by atoms with Crippen molar-refractivity contribution in [2.45, 2.75) is 31.9 Å². The molecule has 3 aromatic rings. The quantitative estimate of drug-likeness (QED) is 0.492. The van der Waals surface area contributed by atoms with Crippen LogP contribution in [0, 0.1) is 11.3 Å². The summed E-state index contributed by atoms with van der Waals surface area (Å²) in [7, 11) is 0. The zero-order valence-corrected chi connectivity index (χ0v) is 21.3. The molecule has 0 spiro atoms. The number of nitriles is 1. The normalized spacial score (nSPS) is 22.5. The van der Waals surface area contributed by atoms with Crippen LogP contribution < -0.4 is 9.80 Å². The number of piperazine rings is 1. The molecule has 2 fully saturated rings. The Balaban J connectivity index is 1.09. The van der Waals surface area contributed by atoms with Crippen molar-refractivity contribution in [3.63, 3.8) is 0 Å². The van der Waals surface area contributed by atoms with E-state index in [1.165, 1.54) is 26.9 Å². The molecule has 36 heavy (non-hydrogen) atoms. The number of benzene rings is 2. The number of ether oxygens (including phenoxy) is 2. The number of rotatable bonds is 5. The third kappa shape index (κ3) is 4.32. The average molecular weight is 503 g/mol. The lowest BCUT2D eigenvalue weighted by atomic mass is 9.94. The second-order valence-corrected chi connectivity index (χ2v) is 10.7. The van der Waals surface area contributed by atoms with Crippen LogP contribution in [0.3, 0.4) is 0 Å². The fraction of sp³-hybridized carbons (Fsp3) is 0.429. The molecule has 0 bridgehead atoms. The van der Waals surface area contributed by atoms with E-state index < -0.39 is 0 Å². The van der Waals surface area contributed by atoms with Crippen molar-refractivity contribution in [3.8, 4) is 6.07 Å². The first-order valence-corrected chi connectivity index (χ1v) is 13.6. The molecule has 2 saturated heterocycles. The van der Waals surface area contributed by atoms with Crippen LogP contribution in [0.25, 0.3) is 10.1 Å². The molecule has 1 aromatic heterocycles. The summed E-state index contributed by atoms with van der Waals surface area (Å²) < 4.78 is 12.5. The molecule has 0 aliphatic carbocycles. The van der Waals surface area contributed by atoms with Crippen LogP contribution in [-0.2, 0) is 15.9 Å². The van der Waals surface area contributed by atoms with Crippen LogP contribution in [0.1, 0.15) is 36.1 Å². The summed E-state index contributed by atoms with van der Waals surface area (Å²) in [5, 5.41) is 12.7. The minimum absolute atomic E-state index is 0.0914. The molecule has 0 radical (unpaired) electrons. The molecule has 1 amide bonds. The smallest absolute Gasteiger partial charge is 0.414 e. The number of amides is 1. The maximum absolute atomic E-state index is 12.0. The zero-order valence-electron chi connectivity index (χ0n) is 20.5. The number of nitrogens with zero attached hydrogens (tertiary/aromatic N) is 4. The van der Waals surface area contributed by atoms with Crippen LogP contribution in [0.4, 0.5) is 16.2 Å². The van der Waals surface area contributed by atoms with Gasteiger partial charge >= 0.3 is 6.09 Å². The molecular formula is C28H30N4O3S. The minimum Gasteiger partial charge on any atom is -0.447 e. The molecule has 0 N–H and O–H groups in total. The second-order valence-electron chi connectivity index (χ2n) is 9.82. The molecule has 4 heterocycles. The first-order valence-electron chi connectivity index (χ1n) is 12.7. The topological polar surface area (TPSA) is 69.0 Å². The monoisotopic (exact) mass is 502 g/mol. The molecule has 2 aromatic carbocycles. The van der Waals surface area contributed by atoms with E-state index in [1.54, 1.807) is 16.2 Å². The molecule has 7 nitrogen and oxygen atoms in total. The van der Waals surface area contributed by atoms with Crippen molar-refractivity contribution >= 4 is 38.9 Å². The maximum atomic E-state index is 12.0. The number of anilines is 2. The Hall–Kier alpha value is -3.12. The molecule has 3 aliphatic rings. The van der Waals surface area contributed by atoms with Crippen LogP contribution in [-0.4, -0.2) is 63.0 Å². The predicted molar refractivity (Wildman–Crippen MR) is 142 cm³/mol. The van der Waals surface area contributed by atoms with Gasteiger partial charge in [0.1, 0.15) is 6.61 Å². The van der Waals surface area contributed by atoms with Gasteiger partial charge in [-0.2, -0.15) is 5.26 Å². The molecule has 3 aliphatic heterocycles. The molecule has 0 unspecified atom stereocenters. The number of hydrogen-bond acceptors (Lipinski definition) is 7. The third-order valence-electron chi connectivity index (χ3n) is 7.70. The number of carbonyl (C=O) groups is 1. The van der Waals surface area contributed by atoms with Gasteiger partial charge in [0, 0.05) is 53.4 Å². The standard InChI is InChI=1S/C28H30N4O3S/c1-19-17-31(25-18-36-27-14-20(16-29)2-4-24(25)27)10-9-30(19)8-6-26-23-5-3-22(15-21(23)7-12-34-26)32-11-13-35-28(32)33/h2-5,14-15,18-19,26H,6-13,17H2,1H3/t19-,26+/m1/s1. The Morgan fingerprint density at radius 2 is 2.06 bits per heavy atom. The Morgan fingerprint density at radius 3 is 2.86 bits per heavy atom. The number of carbonyl (C=O) groups excluding carboxylic acids is 1. The highest BCUT2D eigenvalue weighted by atomic mass is 32.1. The van der Waals surface area contributed by atoms with Crippen LogP contribution >= 0.6 is 11.3 Å². The summed E-state index contributed by atoms with van der Waals surface area (Å²) in [6.07, 6.45) is 1.67. The van der Waals surface area contributed by atoms with E-state index in [-0.39, 0.29) is 12.2 Å². The summed E-state index contributed by atoms with van der Waals surface area (Å²) in [6.45, 7) is 8.09. The fourth-order valence-corrected chi connectivity index (χ4v) is 6.73. The molecule has 2 atom stereocenters. The van der Waals surface area contributed by atoms with Gasteiger partial charge in [-0.05, 0) is 55.2 Å². The summed E-state index contributed by atoms with van der Waals surface area (Å²) in [6, 6.07) is 15.0. The lowest BCUT2D eigenvalue weighted by molar-refractivity contribution is 0.0255. The van der Waals surface area contributed by atoms with E-state index in [2.05, 4.69) is 46.4 Å². The summed E-state index contributed by atoms with van der Waals surface area (Å²) in [5.41, 5.74) is 5.46. The number of cyclic esters (lactones) is 1. The van der Waals surface area contributed by atoms with Crippen molar-refractivity contribution < 1.29 is 14.3 Å². The summed E-state index contributed by atoms with van der Waals surface area (Å²) in [4.78, 5) is 18.7. The molecule has 0 saturated carbocycles. The van der Waals surface area contributed by atoms with Gasteiger partial charge < -0.3 is 14.4 Å². The number of fused-ring (bicyclic) bond motifs is 2. The van der Waals surface area contributed by atoms with Crippen molar-refractivity contribution in [2.24, 2.45) is 0 Å². The number of thiophene rings is 1. The van der Waals surface area contributed by atoms with E-state index in [0.717, 1.165) is 50.3 Å². The maximum Gasteiger partial charge on any atom is 0.414 e. The van der Waals surface area contributed by atoms with Gasteiger partial charge in [0.25, 0.3) is 0 Å². The SMILES string of the molecule is C[C@@H]1CN(c2csc3cc(C#N)ccc23)CCN1CC[C@@H]1OCCc2cc(N3CCOC3=O)ccc21. The average Bonchev–Trinajstić information content (AvgIpc) is 3.53. The fourth-order valence-electron chi connectivity index (χ4n) is 5.72. The summed E-state index contributed by atoms with van der Waals surface area (Å²) >= 11 is 1.72. The Bertz CT molecular complexity index is 1330. The van der Waals surface area contributed by atoms with Crippen molar-refractivity contribution in [1.29, 1.82) is 5.26 Å². The van der Waals surface area contributed by atoms with E-state index in [4.69, 9.17) is 9.47 Å². The van der Waals surface area contributed by atoms with Gasteiger partial charge in [0.05, 0.1) is 36.6 Å². The van der Waals surface area contributed by atoms with Gasteiger partial charge in [-0.1, -0.05) is 12.1 Å². The van der Waals surface area contributed by atoms with Crippen molar-refractivity contribution in [3.05, 3.63) is 58.5 Å². The van der Waals surface area contributed by atoms with Gasteiger partial charge in [-0.3, -0.25) is 9.80 Å². The largest absolute Gasteiger partial charge is 0.447 e. The lowest BCUT2D eigenvalue weighted by Gasteiger charge is -2.41. The first kappa shape index (κ1) is 23.3. The Kier molecular flexibility index (Phi) is 6.30. The molecule has 6 rings (SSSR count). The minimum atomic E-state index is -0.256. The van der Waals surface area contributed by atoms with E-state index in [9.17, 15) is 10.1 Å². The van der Waals surface area contributed by atoms with Gasteiger partial charge in [0.15, 0.2) is 0 Å². The first-order chi connectivity index (χ1) is 17.6. The Labute approximate surface area is 215 Å². The predicted octanol–water partition coefficient (Wildman–Crippen LogP) is 4.94. The Morgan fingerprint density at radius 1 is 1.14 bits per heavy atom. The van der Waals surface area contributed by atoms with Gasteiger partial charge in [-0.15, -0.1) is 11.3 Å². The van der Waals surface area contributed by atoms with Crippen LogP contribution in [0.2, 0.25) is 0 Å². The third-order valence-corrected chi connectivity index (χ3v) is 8.64. The molecular weight excluding hydrogens is 472 g/mol. The molecule has 8 heteroatoms. The van der Waals surface area contributed by atoms with Gasteiger partial charge in [0.2, 0.25) is 0 Å². The second kappa shape index (κ2) is 9.74. The summed E-state index contributed by atoms with van der Waals surface area (Å²) in [5.74, 6) is 0. The highest BCUT2D eigenvalue weighted by molar-refractivity contribution is 7.17. The van der Waals surface area contributed by atoms with Gasteiger partial charge in [-0.25, -0.2) is 4.79 Å². The highest BCUT2D eigenvalue weighted by Gasteiger charge is 2.29. The van der Waals surface area contributed by atoms with Crippen LogP contribution in [0.5, 0.6) is 0 Å². The van der Waals surface area contributed by atoms with Crippen molar-refractivity contribution in [1.82, 2.24) is 4.90 Å². The van der Waals surface area contributed by atoms with E-state index >= 15 is 0 Å². The van der Waals surface area contributed by atoms with E-state index in [1.807, 2.05) is 18.2 Å². The van der Waals surface area contributed by atoms with E-state index in [0.29, 0.717) is 25.8 Å². The highest BCUT2D eigenvalue weighted by Crippen LogP contribution is 2.36. The zero-order chi connectivity index (χ0) is 24.6. The van der Waals surface area contributed by atoms with Crippen LogP contribution in [0.15, 0.2) is 41.8 Å². The molecule has 186 valence electrons. The lowest BCUT2D eigenvalue weighted by Crippen LogP contribution is -2.52. The van der Waals surface area contributed by atoms with Crippen molar-refractivity contribution in [2.75, 3.05) is 55.7 Å². The number of hydrogen-bond donors (Lipinski definition) is 0.